The molecule has 0 unspecified atom stereocenters. The number of nitro benzene ring substituents is 1. The Hall–Kier alpha value is -2.81. The molecule has 1 atom stereocenters. The van der Waals surface area contributed by atoms with Crippen molar-refractivity contribution in [2.75, 3.05) is 31.2 Å². The van der Waals surface area contributed by atoms with Crippen molar-refractivity contribution in [3.63, 3.8) is 0 Å². The quantitative estimate of drug-likeness (QED) is 0.457. The first kappa shape index (κ1) is 16.6. The van der Waals surface area contributed by atoms with Gasteiger partial charge in [-0.2, -0.15) is 0 Å². The van der Waals surface area contributed by atoms with E-state index in [1.54, 1.807) is 19.9 Å². The van der Waals surface area contributed by atoms with E-state index in [2.05, 4.69) is 4.90 Å². The minimum atomic E-state index is -1.10. The Morgan fingerprint density at radius 2 is 1.96 bits per heavy atom. The minimum absolute atomic E-state index is 0.0694. The molecule has 0 N–H and O–H groups in total. The van der Waals surface area contributed by atoms with E-state index < -0.39 is 22.8 Å². The molecular weight excluding hydrogens is 344 g/mol. The predicted molar refractivity (Wildman–Crippen MR) is 88.2 cm³/mol. The zero-order valence-electron chi connectivity index (χ0n) is 14.4. The Morgan fingerprint density at radius 1 is 1.23 bits per heavy atom. The monoisotopic (exact) mass is 362 g/mol. The van der Waals surface area contributed by atoms with Gasteiger partial charge in [0.1, 0.15) is 0 Å². The molecule has 1 saturated heterocycles. The van der Waals surface area contributed by atoms with Crippen molar-refractivity contribution in [2.24, 2.45) is 0 Å². The summed E-state index contributed by atoms with van der Waals surface area (Å²) in [6.45, 7) is 5.65. The van der Waals surface area contributed by atoms with Crippen LogP contribution in [0.5, 0.6) is 0 Å². The van der Waals surface area contributed by atoms with Crippen LogP contribution in [0.2, 0.25) is 0 Å². The number of ether oxygens (including phenoxy) is 4. The molecule has 0 aliphatic carbocycles. The van der Waals surface area contributed by atoms with Gasteiger partial charge in [0.25, 0.3) is 17.4 Å². The molecule has 0 radical (unpaired) electrons. The third kappa shape index (κ3) is 2.74. The van der Waals surface area contributed by atoms with Crippen LogP contribution >= 0.6 is 0 Å². The van der Waals surface area contributed by atoms with Crippen molar-refractivity contribution >= 4 is 17.3 Å². The van der Waals surface area contributed by atoms with E-state index >= 15 is 0 Å². The Labute approximate surface area is 149 Å². The lowest BCUT2D eigenvalue weighted by Gasteiger charge is -2.42. The molecule has 9 nitrogen and oxygen atoms in total. The Bertz CT molecular complexity index is 811. The van der Waals surface area contributed by atoms with E-state index in [1.165, 1.54) is 12.1 Å². The van der Waals surface area contributed by atoms with E-state index in [-0.39, 0.29) is 17.2 Å². The summed E-state index contributed by atoms with van der Waals surface area (Å²) in [5, 5.41) is 11.2. The van der Waals surface area contributed by atoms with E-state index in [0.29, 0.717) is 31.9 Å². The maximum atomic E-state index is 12.4. The number of nitrogens with zero attached hydrogens (tertiary/aromatic N) is 2. The smallest absolute Gasteiger partial charge is 0.348 e. The van der Waals surface area contributed by atoms with Gasteiger partial charge in [-0.1, -0.05) is 0 Å². The van der Waals surface area contributed by atoms with Crippen LogP contribution in [0.4, 0.5) is 11.4 Å². The van der Waals surface area contributed by atoms with Crippen molar-refractivity contribution in [3.05, 3.63) is 45.4 Å². The van der Waals surface area contributed by atoms with Gasteiger partial charge in [0, 0.05) is 50.3 Å². The van der Waals surface area contributed by atoms with Crippen LogP contribution in [0.1, 0.15) is 25.5 Å². The summed E-state index contributed by atoms with van der Waals surface area (Å²) in [6.07, 6.45) is -0.758. The second-order valence-electron chi connectivity index (χ2n) is 6.69. The molecule has 1 aromatic rings. The fraction of sp³-hybridized carbons (Fsp3) is 0.471. The summed E-state index contributed by atoms with van der Waals surface area (Å²) in [6, 6.07) is 4.56. The lowest BCUT2D eigenvalue weighted by atomic mass is 9.95. The SMILES string of the molecule is CC1(C)OC(=O)C2=C(O[C@@H]2c2cc([N+](=O)[O-])ccc2N2CCOCC2)O1. The second-order valence-corrected chi connectivity index (χ2v) is 6.69. The zero-order valence-corrected chi connectivity index (χ0v) is 14.4. The molecule has 4 rings (SSSR count). The Kier molecular flexibility index (Phi) is 3.76. The average molecular weight is 362 g/mol. The van der Waals surface area contributed by atoms with Crippen molar-refractivity contribution in [2.45, 2.75) is 25.7 Å². The van der Waals surface area contributed by atoms with Crippen LogP contribution in [-0.4, -0.2) is 43.0 Å². The van der Waals surface area contributed by atoms with Crippen LogP contribution in [0.15, 0.2) is 29.7 Å². The molecule has 3 aliphatic rings. The summed E-state index contributed by atoms with van der Waals surface area (Å²) in [5.74, 6) is -1.51. The first-order valence-electron chi connectivity index (χ1n) is 8.30. The highest BCUT2D eigenvalue weighted by Gasteiger charge is 2.50. The molecule has 1 aromatic carbocycles. The van der Waals surface area contributed by atoms with Gasteiger partial charge in [-0.05, 0) is 6.07 Å². The van der Waals surface area contributed by atoms with Crippen LogP contribution in [0.3, 0.4) is 0 Å². The molecule has 0 spiro atoms. The van der Waals surface area contributed by atoms with Gasteiger partial charge in [-0.3, -0.25) is 10.1 Å². The fourth-order valence-corrected chi connectivity index (χ4v) is 3.25. The molecule has 0 aromatic heterocycles. The highest BCUT2D eigenvalue weighted by Crippen LogP contribution is 2.48. The topological polar surface area (TPSA) is 100 Å². The maximum Gasteiger partial charge on any atom is 0.348 e. The number of esters is 1. The highest BCUT2D eigenvalue weighted by atomic mass is 16.8. The normalized spacial score (nSPS) is 24.0. The molecular formula is C17H18N2O7. The number of non-ortho nitro benzene ring substituents is 1. The van der Waals surface area contributed by atoms with Gasteiger partial charge in [-0.25, -0.2) is 4.79 Å². The third-order valence-corrected chi connectivity index (χ3v) is 4.46. The molecule has 1 fully saturated rings. The summed E-state index contributed by atoms with van der Waals surface area (Å²) in [7, 11) is 0. The molecule has 0 bridgehead atoms. The number of morpholine rings is 1. The number of benzene rings is 1. The second kappa shape index (κ2) is 5.87. The van der Waals surface area contributed by atoms with Gasteiger partial charge >= 0.3 is 5.97 Å². The molecule has 0 amide bonds. The predicted octanol–water partition coefficient (Wildman–Crippen LogP) is 2.02. The summed E-state index contributed by atoms with van der Waals surface area (Å²) >= 11 is 0. The van der Waals surface area contributed by atoms with Crippen molar-refractivity contribution in [1.82, 2.24) is 0 Å². The molecule has 0 saturated carbocycles. The number of carbonyl (C=O) groups excluding carboxylic acids is 1. The Balaban J connectivity index is 1.73. The lowest BCUT2D eigenvalue weighted by Crippen LogP contribution is -2.44. The number of hydrogen-bond donors (Lipinski definition) is 0. The number of carbonyl (C=O) groups is 1. The largest absolute Gasteiger partial charge is 0.451 e. The van der Waals surface area contributed by atoms with Gasteiger partial charge in [-0.15, -0.1) is 0 Å². The summed E-state index contributed by atoms with van der Waals surface area (Å²) < 4.78 is 21.8. The van der Waals surface area contributed by atoms with Crippen LogP contribution in [0.25, 0.3) is 0 Å². The van der Waals surface area contributed by atoms with Crippen LogP contribution in [-0.2, 0) is 23.7 Å². The van der Waals surface area contributed by atoms with Crippen LogP contribution < -0.4 is 4.90 Å². The number of nitro groups is 1. The van der Waals surface area contributed by atoms with Crippen molar-refractivity contribution in [1.29, 1.82) is 0 Å². The molecule has 138 valence electrons. The zero-order chi connectivity index (χ0) is 18.5. The maximum absolute atomic E-state index is 12.4. The standard InChI is InChI=1S/C17H18N2O7/c1-17(2)25-15(20)13-14(24-16(13)26-17)11-9-10(19(21)22)3-4-12(11)18-5-7-23-8-6-18/h3-4,9,14H,5-8H2,1-2H3/t14-/m1/s1. The summed E-state index contributed by atoms with van der Waals surface area (Å²) in [4.78, 5) is 25.1. The fourth-order valence-electron chi connectivity index (χ4n) is 3.25. The molecule has 26 heavy (non-hydrogen) atoms. The Morgan fingerprint density at radius 3 is 2.62 bits per heavy atom. The van der Waals surface area contributed by atoms with Gasteiger partial charge in [0.2, 0.25) is 0 Å². The minimum Gasteiger partial charge on any atom is -0.451 e. The highest BCUT2D eigenvalue weighted by molar-refractivity contribution is 5.93. The van der Waals surface area contributed by atoms with Crippen molar-refractivity contribution < 1.29 is 28.7 Å². The number of anilines is 1. The average Bonchev–Trinajstić information content (AvgIpc) is 2.57. The number of rotatable bonds is 3. The van der Waals surface area contributed by atoms with Crippen LogP contribution in [0, 0.1) is 10.1 Å². The molecule has 3 aliphatic heterocycles. The third-order valence-electron chi connectivity index (χ3n) is 4.46. The van der Waals surface area contributed by atoms with Gasteiger partial charge in [0.05, 0.1) is 18.1 Å². The van der Waals surface area contributed by atoms with Gasteiger partial charge in [0.15, 0.2) is 11.7 Å². The number of hydrogen-bond acceptors (Lipinski definition) is 8. The number of cyclic esters (lactones) is 1. The first-order valence-corrected chi connectivity index (χ1v) is 8.30. The summed E-state index contributed by atoms with van der Waals surface area (Å²) in [5.41, 5.74) is 1.49. The van der Waals surface area contributed by atoms with E-state index in [4.69, 9.17) is 18.9 Å². The van der Waals surface area contributed by atoms with Crippen molar-refractivity contribution in [3.8, 4) is 0 Å². The van der Waals surface area contributed by atoms with E-state index in [0.717, 1.165) is 5.69 Å². The molecule has 9 heteroatoms. The van der Waals surface area contributed by atoms with E-state index in [9.17, 15) is 14.9 Å². The molecule has 3 heterocycles. The van der Waals surface area contributed by atoms with Gasteiger partial charge < -0.3 is 23.8 Å². The lowest BCUT2D eigenvalue weighted by molar-refractivity contribution is -0.385. The van der Waals surface area contributed by atoms with E-state index in [1.807, 2.05) is 0 Å². The first-order chi connectivity index (χ1) is 12.4.